The number of nitrogens with zero attached hydrogens (tertiary/aromatic N) is 2. The number of rotatable bonds is 9. The lowest BCUT2D eigenvalue weighted by molar-refractivity contribution is -0.129. The molecule has 0 radical (unpaired) electrons. The van der Waals surface area contributed by atoms with Gasteiger partial charge in [-0.3, -0.25) is 9.59 Å². The molecule has 0 spiro atoms. The van der Waals surface area contributed by atoms with Gasteiger partial charge >= 0.3 is 0 Å². The summed E-state index contributed by atoms with van der Waals surface area (Å²) in [6.45, 7) is 4.27. The van der Waals surface area contributed by atoms with Crippen molar-refractivity contribution in [3.8, 4) is 0 Å². The van der Waals surface area contributed by atoms with Gasteiger partial charge in [0.05, 0.1) is 24.2 Å². The first-order chi connectivity index (χ1) is 13.3. The Morgan fingerprint density at radius 1 is 1.11 bits per heavy atom. The Bertz CT molecular complexity index is 905. The molecule has 2 aromatic rings. The fourth-order valence-electron chi connectivity index (χ4n) is 2.63. The maximum absolute atomic E-state index is 12.6. The van der Waals surface area contributed by atoms with Crippen molar-refractivity contribution in [1.82, 2.24) is 14.5 Å². The van der Waals surface area contributed by atoms with E-state index >= 15 is 0 Å². The number of sulfonamides is 1. The average Bonchev–Trinajstić information content (AvgIpc) is 3.19. The number of benzene rings is 1. The highest BCUT2D eigenvalue weighted by molar-refractivity contribution is 7.89. The number of carbonyl (C=O) groups is 2. The number of hydrogen-bond donors (Lipinski definition) is 1. The van der Waals surface area contributed by atoms with E-state index in [-0.39, 0.29) is 22.9 Å². The summed E-state index contributed by atoms with van der Waals surface area (Å²) in [4.78, 5) is 26.0. The lowest BCUT2D eigenvalue weighted by Gasteiger charge is -2.19. The molecule has 1 N–H and O–H groups in total. The molecular weight excluding hydrogens is 382 g/mol. The summed E-state index contributed by atoms with van der Waals surface area (Å²) < 4.78 is 31.7. The normalized spacial score (nSPS) is 11.4. The van der Waals surface area contributed by atoms with Crippen LogP contribution in [0.3, 0.4) is 0 Å². The second kappa shape index (κ2) is 9.52. The Hall–Kier alpha value is -2.65. The summed E-state index contributed by atoms with van der Waals surface area (Å²) in [6.07, 6.45) is 1.52. The molecule has 0 bridgehead atoms. The van der Waals surface area contributed by atoms with Crippen LogP contribution in [0, 0.1) is 0 Å². The van der Waals surface area contributed by atoms with Crippen molar-refractivity contribution in [2.45, 2.75) is 25.3 Å². The molecule has 0 aliphatic heterocycles. The Balaban J connectivity index is 2.02. The third-order valence-electron chi connectivity index (χ3n) is 4.24. The minimum atomic E-state index is -3.66. The van der Waals surface area contributed by atoms with E-state index in [9.17, 15) is 18.0 Å². The molecule has 28 heavy (non-hydrogen) atoms. The molecule has 2 amide bonds. The molecule has 9 heteroatoms. The minimum Gasteiger partial charge on any atom is -0.467 e. The van der Waals surface area contributed by atoms with Gasteiger partial charge in [-0.25, -0.2) is 8.42 Å². The Morgan fingerprint density at radius 2 is 1.82 bits per heavy atom. The van der Waals surface area contributed by atoms with Gasteiger partial charge in [0.25, 0.3) is 5.91 Å². The van der Waals surface area contributed by atoms with Crippen molar-refractivity contribution in [2.75, 3.05) is 26.7 Å². The van der Waals surface area contributed by atoms with Gasteiger partial charge < -0.3 is 14.6 Å². The lowest BCUT2D eigenvalue weighted by Crippen LogP contribution is -2.37. The maximum Gasteiger partial charge on any atom is 0.251 e. The van der Waals surface area contributed by atoms with Gasteiger partial charge in [0.15, 0.2) is 0 Å². The van der Waals surface area contributed by atoms with E-state index in [2.05, 4.69) is 5.32 Å². The molecule has 8 nitrogen and oxygen atoms in total. The molecule has 0 atom stereocenters. The quantitative estimate of drug-likeness (QED) is 0.682. The van der Waals surface area contributed by atoms with Gasteiger partial charge in [0, 0.05) is 25.7 Å². The standard InChI is InChI=1S/C19H25N3O5S/c1-4-22(5-2)28(25,26)17-10-6-8-15(12-17)19(24)20-13-18(23)21(3)14-16-9-7-11-27-16/h6-12H,4-5,13-14H2,1-3H3,(H,20,24). The molecular formula is C19H25N3O5S. The largest absolute Gasteiger partial charge is 0.467 e. The number of nitrogens with one attached hydrogen (secondary N) is 1. The highest BCUT2D eigenvalue weighted by Crippen LogP contribution is 2.17. The zero-order valence-corrected chi connectivity index (χ0v) is 17.0. The van der Waals surface area contributed by atoms with Crippen LogP contribution in [0.4, 0.5) is 0 Å². The highest BCUT2D eigenvalue weighted by atomic mass is 32.2. The van der Waals surface area contributed by atoms with E-state index in [1.54, 1.807) is 33.0 Å². The highest BCUT2D eigenvalue weighted by Gasteiger charge is 2.22. The molecule has 0 unspecified atom stereocenters. The van der Waals surface area contributed by atoms with Crippen molar-refractivity contribution in [1.29, 1.82) is 0 Å². The van der Waals surface area contributed by atoms with Crippen LogP contribution in [0.5, 0.6) is 0 Å². The van der Waals surface area contributed by atoms with Crippen LogP contribution in [-0.2, 0) is 21.4 Å². The van der Waals surface area contributed by atoms with Crippen molar-refractivity contribution in [3.05, 3.63) is 54.0 Å². The first kappa shape index (κ1) is 21.6. The van der Waals surface area contributed by atoms with Crippen LogP contribution < -0.4 is 5.32 Å². The predicted octanol–water partition coefficient (Wildman–Crippen LogP) is 1.70. The number of amides is 2. The second-order valence-corrected chi connectivity index (χ2v) is 8.07. The van der Waals surface area contributed by atoms with Crippen LogP contribution in [0.25, 0.3) is 0 Å². The van der Waals surface area contributed by atoms with E-state index in [0.717, 1.165) is 0 Å². The molecule has 0 aliphatic carbocycles. The van der Waals surface area contributed by atoms with Gasteiger partial charge in [-0.15, -0.1) is 0 Å². The summed E-state index contributed by atoms with van der Waals surface area (Å²) in [7, 11) is -2.06. The third kappa shape index (κ3) is 5.20. The van der Waals surface area contributed by atoms with E-state index in [4.69, 9.17) is 4.42 Å². The van der Waals surface area contributed by atoms with Crippen molar-refractivity contribution in [2.24, 2.45) is 0 Å². The average molecular weight is 407 g/mol. The van der Waals surface area contributed by atoms with E-state index in [1.807, 2.05) is 0 Å². The summed E-state index contributed by atoms with van der Waals surface area (Å²) in [5.74, 6) is -0.176. The summed E-state index contributed by atoms with van der Waals surface area (Å²) in [6, 6.07) is 9.27. The van der Waals surface area contributed by atoms with Crippen LogP contribution in [0.1, 0.15) is 30.0 Å². The van der Waals surface area contributed by atoms with Crippen molar-refractivity contribution < 1.29 is 22.4 Å². The van der Waals surface area contributed by atoms with E-state index in [1.165, 1.54) is 39.7 Å². The number of hydrogen-bond acceptors (Lipinski definition) is 5. The molecule has 0 saturated carbocycles. The van der Waals surface area contributed by atoms with Crippen molar-refractivity contribution >= 4 is 21.8 Å². The molecule has 1 aromatic heterocycles. The van der Waals surface area contributed by atoms with Crippen LogP contribution in [0.2, 0.25) is 0 Å². The lowest BCUT2D eigenvalue weighted by atomic mass is 10.2. The number of likely N-dealkylation sites (N-methyl/N-ethyl adjacent to an activating group) is 1. The molecule has 2 rings (SSSR count). The SMILES string of the molecule is CCN(CC)S(=O)(=O)c1cccc(C(=O)NCC(=O)N(C)Cc2ccco2)c1. The van der Waals surface area contributed by atoms with Gasteiger partial charge in [0.2, 0.25) is 15.9 Å². The fraction of sp³-hybridized carbons (Fsp3) is 0.368. The number of furan rings is 1. The van der Waals surface area contributed by atoms with E-state index in [0.29, 0.717) is 25.4 Å². The molecule has 0 aliphatic rings. The second-order valence-electron chi connectivity index (χ2n) is 6.13. The molecule has 0 saturated heterocycles. The van der Waals surface area contributed by atoms with Gasteiger partial charge in [-0.1, -0.05) is 19.9 Å². The summed E-state index contributed by atoms with van der Waals surface area (Å²) >= 11 is 0. The Kier molecular flexibility index (Phi) is 7.36. The molecule has 1 heterocycles. The topological polar surface area (TPSA) is 99.9 Å². The third-order valence-corrected chi connectivity index (χ3v) is 6.28. The first-order valence-electron chi connectivity index (χ1n) is 8.94. The Morgan fingerprint density at radius 3 is 2.43 bits per heavy atom. The van der Waals surface area contributed by atoms with E-state index < -0.39 is 15.9 Å². The summed E-state index contributed by atoms with van der Waals surface area (Å²) in [5, 5.41) is 2.53. The smallest absolute Gasteiger partial charge is 0.251 e. The molecule has 152 valence electrons. The number of carbonyl (C=O) groups excluding carboxylic acids is 2. The van der Waals surface area contributed by atoms with Crippen LogP contribution >= 0.6 is 0 Å². The monoisotopic (exact) mass is 407 g/mol. The summed E-state index contributed by atoms with van der Waals surface area (Å²) in [5.41, 5.74) is 0.176. The molecule has 0 fully saturated rings. The van der Waals surface area contributed by atoms with Crippen molar-refractivity contribution in [3.63, 3.8) is 0 Å². The van der Waals surface area contributed by atoms with Crippen LogP contribution in [0.15, 0.2) is 52.0 Å². The zero-order valence-electron chi connectivity index (χ0n) is 16.2. The van der Waals surface area contributed by atoms with Gasteiger partial charge in [-0.05, 0) is 30.3 Å². The predicted molar refractivity (Wildman–Crippen MR) is 104 cm³/mol. The fourth-order valence-corrected chi connectivity index (χ4v) is 4.13. The zero-order chi connectivity index (χ0) is 20.7. The Labute approximate surface area is 165 Å². The van der Waals surface area contributed by atoms with Crippen LogP contribution in [-0.4, -0.2) is 56.1 Å². The first-order valence-corrected chi connectivity index (χ1v) is 10.4. The maximum atomic E-state index is 12.6. The molecule has 1 aromatic carbocycles. The van der Waals surface area contributed by atoms with Gasteiger partial charge in [-0.2, -0.15) is 4.31 Å². The minimum absolute atomic E-state index is 0.0464. The van der Waals surface area contributed by atoms with Gasteiger partial charge in [0.1, 0.15) is 5.76 Å².